The summed E-state index contributed by atoms with van der Waals surface area (Å²) in [5, 5.41) is 7.79. The Morgan fingerprint density at radius 3 is 1.71 bits per heavy atom. The minimum atomic E-state index is 0.560. The van der Waals surface area contributed by atoms with E-state index in [1.54, 1.807) is 6.92 Å². The molecule has 0 radical (unpaired) electrons. The van der Waals surface area contributed by atoms with E-state index in [2.05, 4.69) is 6.58 Å². The molecule has 0 bridgehead atoms. The smallest absolute Gasteiger partial charge is 0.0273 e. The predicted octanol–water partition coefficient (Wildman–Crippen LogP) is 1.52. The molecule has 0 spiro atoms. The van der Waals surface area contributed by atoms with Gasteiger partial charge in [0.05, 0.1) is 0 Å². The molecule has 44 valence electrons. The quantitative estimate of drug-likeness (QED) is 0.493. The lowest BCUT2D eigenvalue weighted by Gasteiger charge is -1.86. The average molecular weight is 103 g/mol. The van der Waals surface area contributed by atoms with Crippen molar-refractivity contribution in [2.75, 3.05) is 0 Å². The average Bonchev–Trinajstić information content (AvgIpc) is 1.73. The van der Waals surface area contributed by atoms with Crippen molar-refractivity contribution >= 4 is 0 Å². The molecule has 0 aromatic rings. The summed E-state index contributed by atoms with van der Waals surface area (Å²) in [6, 6.07) is 0. The number of rotatable bonds is 1. The van der Waals surface area contributed by atoms with Crippen LogP contribution in [0, 0.1) is 0 Å². The maximum atomic E-state index is 7.79. The van der Waals surface area contributed by atoms with E-state index in [1.807, 2.05) is 19.3 Å². The maximum absolute atomic E-state index is 7.79. The highest BCUT2D eigenvalue weighted by molar-refractivity contribution is 4.78. The summed E-state index contributed by atoms with van der Waals surface area (Å²) in [7, 11) is 0. The molecule has 0 saturated heterocycles. The van der Waals surface area contributed by atoms with Gasteiger partial charge < -0.3 is 0 Å². The molecule has 0 aromatic carbocycles. The molecule has 2 heteroatoms. The van der Waals surface area contributed by atoms with Crippen LogP contribution in [0.4, 0.5) is 0 Å². The molecule has 0 aromatic heterocycles. The first kappa shape index (κ1) is 9.71. The molecule has 0 unspecified atom stereocenters. The van der Waals surface area contributed by atoms with E-state index in [-0.39, 0.29) is 0 Å². The molecule has 0 saturated carbocycles. The van der Waals surface area contributed by atoms with Crippen molar-refractivity contribution in [1.29, 1.82) is 0 Å². The Bertz CT molecular complexity index is 43.3. The lowest BCUT2D eigenvalue weighted by Crippen LogP contribution is -1.99. The third kappa shape index (κ3) is 29.9. The van der Waals surface area contributed by atoms with Crippen LogP contribution < -0.4 is 5.48 Å². The topological polar surface area (TPSA) is 32.3 Å². The molecule has 0 heterocycles. The van der Waals surface area contributed by atoms with Gasteiger partial charge in [-0.15, -0.1) is 0 Å². The van der Waals surface area contributed by atoms with Crippen molar-refractivity contribution in [3.05, 3.63) is 12.3 Å². The van der Waals surface area contributed by atoms with Gasteiger partial charge >= 0.3 is 0 Å². The van der Waals surface area contributed by atoms with E-state index in [4.69, 9.17) is 5.21 Å². The molecule has 0 rings (SSSR count). The van der Waals surface area contributed by atoms with E-state index in [0.717, 1.165) is 0 Å². The third-order valence-electron chi connectivity index (χ3n) is 0.191. The zero-order chi connectivity index (χ0) is 6.28. The van der Waals surface area contributed by atoms with Crippen molar-refractivity contribution < 1.29 is 5.21 Å². The van der Waals surface area contributed by atoms with Crippen LogP contribution in [0.15, 0.2) is 12.3 Å². The predicted molar refractivity (Wildman–Crippen MR) is 31.1 cm³/mol. The van der Waals surface area contributed by atoms with Crippen LogP contribution >= 0.6 is 0 Å². The summed E-state index contributed by atoms with van der Waals surface area (Å²) in [6.45, 7) is 8.98. The monoisotopic (exact) mass is 103 g/mol. The van der Waals surface area contributed by atoms with Gasteiger partial charge in [0.1, 0.15) is 0 Å². The Kier molecular flexibility index (Phi) is 12.6. The van der Waals surface area contributed by atoms with Gasteiger partial charge in [-0.25, -0.2) is 0 Å². The van der Waals surface area contributed by atoms with Gasteiger partial charge in [-0.2, -0.15) is 0 Å². The SMILES string of the molecule is C=C(C)NO.CC. The fourth-order valence-corrected chi connectivity index (χ4v) is 0. The van der Waals surface area contributed by atoms with E-state index in [1.165, 1.54) is 0 Å². The van der Waals surface area contributed by atoms with Gasteiger partial charge in [-0.1, -0.05) is 20.4 Å². The molecule has 0 atom stereocenters. The summed E-state index contributed by atoms with van der Waals surface area (Å²) in [5.74, 6) is 0. The number of hydrogen-bond acceptors (Lipinski definition) is 2. The molecule has 0 aliphatic rings. The molecule has 0 amide bonds. The number of allylic oxidation sites excluding steroid dienone is 1. The van der Waals surface area contributed by atoms with E-state index >= 15 is 0 Å². The largest absolute Gasteiger partial charge is 0.291 e. The molecule has 2 nitrogen and oxygen atoms in total. The maximum Gasteiger partial charge on any atom is 0.0273 e. The third-order valence-corrected chi connectivity index (χ3v) is 0.191. The highest BCUT2D eigenvalue weighted by Crippen LogP contribution is 1.67. The normalized spacial score (nSPS) is 5.71. The molecular weight excluding hydrogens is 90.1 g/mol. The van der Waals surface area contributed by atoms with Crippen LogP contribution in [-0.2, 0) is 0 Å². The number of nitrogens with one attached hydrogen (secondary N) is 1. The Labute approximate surface area is 44.8 Å². The minimum absolute atomic E-state index is 0.560. The van der Waals surface area contributed by atoms with Gasteiger partial charge in [0, 0.05) is 5.70 Å². The number of hydrogen-bond donors (Lipinski definition) is 2. The van der Waals surface area contributed by atoms with E-state index < -0.39 is 0 Å². The molecule has 7 heavy (non-hydrogen) atoms. The molecule has 0 aliphatic heterocycles. The van der Waals surface area contributed by atoms with Gasteiger partial charge in [-0.3, -0.25) is 10.7 Å². The Balaban J connectivity index is 0. The second-order valence-corrected chi connectivity index (χ2v) is 0.892. The van der Waals surface area contributed by atoms with Gasteiger partial charge in [-0.05, 0) is 6.92 Å². The zero-order valence-corrected chi connectivity index (χ0v) is 5.15. The van der Waals surface area contributed by atoms with E-state index in [0.29, 0.717) is 5.70 Å². The van der Waals surface area contributed by atoms with Crippen LogP contribution in [0.2, 0.25) is 0 Å². The summed E-state index contributed by atoms with van der Waals surface area (Å²) >= 11 is 0. The molecule has 0 fully saturated rings. The van der Waals surface area contributed by atoms with Crippen LogP contribution in [0.5, 0.6) is 0 Å². The van der Waals surface area contributed by atoms with Crippen molar-refractivity contribution in [3.8, 4) is 0 Å². The second kappa shape index (κ2) is 9.09. The molecule has 0 aliphatic carbocycles. The Morgan fingerprint density at radius 2 is 1.71 bits per heavy atom. The lowest BCUT2D eigenvalue weighted by atomic mass is 10.6. The van der Waals surface area contributed by atoms with Gasteiger partial charge in [0.15, 0.2) is 0 Å². The summed E-state index contributed by atoms with van der Waals surface area (Å²) in [4.78, 5) is 0. The first-order valence-corrected chi connectivity index (χ1v) is 2.33. The minimum Gasteiger partial charge on any atom is -0.291 e. The lowest BCUT2D eigenvalue weighted by molar-refractivity contribution is 0.201. The van der Waals surface area contributed by atoms with Crippen LogP contribution in [0.3, 0.4) is 0 Å². The molecule has 2 N–H and O–H groups in total. The Hall–Kier alpha value is -0.500. The van der Waals surface area contributed by atoms with Crippen LogP contribution in [-0.4, -0.2) is 5.21 Å². The van der Waals surface area contributed by atoms with Crippen molar-refractivity contribution in [2.24, 2.45) is 0 Å². The van der Waals surface area contributed by atoms with Crippen molar-refractivity contribution in [2.45, 2.75) is 20.8 Å². The first-order chi connectivity index (χ1) is 3.27. The standard InChI is InChI=1S/C3H7NO.C2H6/c1-3(2)4-5;1-2/h4-5H,1H2,2H3;1-2H3. The van der Waals surface area contributed by atoms with Crippen molar-refractivity contribution in [3.63, 3.8) is 0 Å². The van der Waals surface area contributed by atoms with Crippen LogP contribution in [0.1, 0.15) is 20.8 Å². The van der Waals surface area contributed by atoms with Crippen LogP contribution in [0.25, 0.3) is 0 Å². The summed E-state index contributed by atoms with van der Waals surface area (Å²) < 4.78 is 0. The fraction of sp³-hybridized carbons (Fsp3) is 0.600. The van der Waals surface area contributed by atoms with Gasteiger partial charge in [0.25, 0.3) is 0 Å². The Morgan fingerprint density at radius 1 is 1.57 bits per heavy atom. The van der Waals surface area contributed by atoms with Gasteiger partial charge in [0.2, 0.25) is 0 Å². The zero-order valence-electron chi connectivity index (χ0n) is 5.15. The fourth-order valence-electron chi connectivity index (χ4n) is 0. The number of hydroxylamine groups is 1. The summed E-state index contributed by atoms with van der Waals surface area (Å²) in [6.07, 6.45) is 0. The summed E-state index contributed by atoms with van der Waals surface area (Å²) in [5.41, 5.74) is 2.39. The first-order valence-electron chi connectivity index (χ1n) is 2.33. The second-order valence-electron chi connectivity index (χ2n) is 0.892. The van der Waals surface area contributed by atoms with E-state index in [9.17, 15) is 0 Å². The highest BCUT2D eigenvalue weighted by Gasteiger charge is 1.64. The highest BCUT2D eigenvalue weighted by atomic mass is 16.5. The molecular formula is C5H13NO. The van der Waals surface area contributed by atoms with Crippen molar-refractivity contribution in [1.82, 2.24) is 5.48 Å².